The number of aryl methyl sites for hydroxylation is 3. The van der Waals surface area contributed by atoms with Crippen LogP contribution in [-0.4, -0.2) is 6.54 Å². The SMILES string of the molecule is CCc1ccc(OC(CN)c2ccc(C)c(C)c2)cc1. The Kier molecular flexibility index (Phi) is 4.80. The van der Waals surface area contributed by atoms with E-state index in [-0.39, 0.29) is 6.10 Å². The predicted molar refractivity (Wildman–Crippen MR) is 84.2 cm³/mol. The third-order valence-electron chi connectivity index (χ3n) is 3.73. The van der Waals surface area contributed by atoms with E-state index >= 15 is 0 Å². The molecule has 0 heterocycles. The van der Waals surface area contributed by atoms with Crippen LogP contribution < -0.4 is 10.5 Å². The lowest BCUT2D eigenvalue weighted by Gasteiger charge is -2.19. The van der Waals surface area contributed by atoms with Gasteiger partial charge in [0, 0.05) is 6.54 Å². The van der Waals surface area contributed by atoms with Crippen molar-refractivity contribution < 1.29 is 4.74 Å². The molecule has 20 heavy (non-hydrogen) atoms. The molecular formula is C18H23NO. The molecule has 0 amide bonds. The first kappa shape index (κ1) is 14.6. The number of ether oxygens (including phenoxy) is 1. The zero-order valence-electron chi connectivity index (χ0n) is 12.5. The molecule has 0 radical (unpaired) electrons. The summed E-state index contributed by atoms with van der Waals surface area (Å²) in [6.45, 7) is 6.84. The Morgan fingerprint density at radius 2 is 1.70 bits per heavy atom. The highest BCUT2D eigenvalue weighted by atomic mass is 16.5. The van der Waals surface area contributed by atoms with Gasteiger partial charge in [0.2, 0.25) is 0 Å². The highest BCUT2D eigenvalue weighted by molar-refractivity contribution is 5.33. The molecule has 2 rings (SSSR count). The lowest BCUT2D eigenvalue weighted by molar-refractivity contribution is 0.214. The van der Waals surface area contributed by atoms with Gasteiger partial charge in [-0.05, 0) is 54.7 Å². The molecule has 2 nitrogen and oxygen atoms in total. The van der Waals surface area contributed by atoms with Gasteiger partial charge in [-0.2, -0.15) is 0 Å². The first-order valence-electron chi connectivity index (χ1n) is 7.17. The minimum atomic E-state index is -0.0956. The third-order valence-corrected chi connectivity index (χ3v) is 3.73. The Morgan fingerprint density at radius 3 is 2.25 bits per heavy atom. The summed E-state index contributed by atoms with van der Waals surface area (Å²) < 4.78 is 6.02. The van der Waals surface area contributed by atoms with Crippen LogP contribution in [0.15, 0.2) is 42.5 Å². The van der Waals surface area contributed by atoms with Crippen molar-refractivity contribution in [1.82, 2.24) is 0 Å². The Labute approximate surface area is 121 Å². The fraction of sp³-hybridized carbons (Fsp3) is 0.333. The van der Waals surface area contributed by atoms with Crippen LogP contribution >= 0.6 is 0 Å². The summed E-state index contributed by atoms with van der Waals surface area (Å²) in [7, 11) is 0. The number of nitrogens with two attached hydrogens (primary N) is 1. The van der Waals surface area contributed by atoms with E-state index in [2.05, 4.69) is 51.1 Å². The maximum Gasteiger partial charge on any atom is 0.136 e. The number of benzene rings is 2. The summed E-state index contributed by atoms with van der Waals surface area (Å²) in [5.41, 5.74) is 10.9. The quantitative estimate of drug-likeness (QED) is 0.892. The zero-order valence-corrected chi connectivity index (χ0v) is 12.5. The van der Waals surface area contributed by atoms with Gasteiger partial charge in [0.1, 0.15) is 11.9 Å². The van der Waals surface area contributed by atoms with Crippen molar-refractivity contribution in [2.75, 3.05) is 6.54 Å². The van der Waals surface area contributed by atoms with Gasteiger partial charge in [-0.15, -0.1) is 0 Å². The lowest BCUT2D eigenvalue weighted by atomic mass is 10.0. The van der Waals surface area contributed by atoms with E-state index in [0.717, 1.165) is 17.7 Å². The van der Waals surface area contributed by atoms with Crippen LogP contribution in [0.4, 0.5) is 0 Å². The van der Waals surface area contributed by atoms with Gasteiger partial charge in [-0.3, -0.25) is 0 Å². The van der Waals surface area contributed by atoms with E-state index in [0.29, 0.717) is 6.54 Å². The van der Waals surface area contributed by atoms with Gasteiger partial charge in [0.25, 0.3) is 0 Å². The van der Waals surface area contributed by atoms with E-state index in [9.17, 15) is 0 Å². The zero-order chi connectivity index (χ0) is 14.5. The minimum absolute atomic E-state index is 0.0956. The second kappa shape index (κ2) is 6.58. The molecule has 2 aromatic rings. The number of hydrogen-bond acceptors (Lipinski definition) is 2. The lowest BCUT2D eigenvalue weighted by Crippen LogP contribution is -2.18. The largest absolute Gasteiger partial charge is 0.484 e. The van der Waals surface area contributed by atoms with Crippen molar-refractivity contribution in [2.24, 2.45) is 5.73 Å². The smallest absolute Gasteiger partial charge is 0.136 e. The summed E-state index contributed by atoms with van der Waals surface area (Å²) in [5, 5.41) is 0. The molecular weight excluding hydrogens is 246 g/mol. The molecule has 106 valence electrons. The second-order valence-corrected chi connectivity index (χ2v) is 5.18. The maximum absolute atomic E-state index is 6.02. The first-order valence-corrected chi connectivity index (χ1v) is 7.17. The molecule has 0 aromatic heterocycles. The Bertz CT molecular complexity index is 560. The molecule has 2 aromatic carbocycles. The van der Waals surface area contributed by atoms with Crippen molar-refractivity contribution in [3.8, 4) is 5.75 Å². The fourth-order valence-corrected chi connectivity index (χ4v) is 2.19. The summed E-state index contributed by atoms with van der Waals surface area (Å²) >= 11 is 0. The Balaban J connectivity index is 2.16. The monoisotopic (exact) mass is 269 g/mol. The van der Waals surface area contributed by atoms with E-state index in [1.807, 2.05) is 12.1 Å². The summed E-state index contributed by atoms with van der Waals surface area (Å²) in [4.78, 5) is 0. The fourth-order valence-electron chi connectivity index (χ4n) is 2.19. The normalized spacial score (nSPS) is 12.2. The molecule has 1 unspecified atom stereocenters. The van der Waals surface area contributed by atoms with Crippen molar-refractivity contribution in [3.63, 3.8) is 0 Å². The standard InChI is InChI=1S/C18H23NO/c1-4-15-6-9-17(10-7-15)20-18(12-19)16-8-5-13(2)14(3)11-16/h5-11,18H,4,12,19H2,1-3H3. The van der Waals surface area contributed by atoms with Gasteiger partial charge in [-0.25, -0.2) is 0 Å². The van der Waals surface area contributed by atoms with E-state index < -0.39 is 0 Å². The summed E-state index contributed by atoms with van der Waals surface area (Å²) in [5.74, 6) is 0.871. The van der Waals surface area contributed by atoms with E-state index in [1.165, 1.54) is 16.7 Å². The predicted octanol–water partition coefficient (Wildman–Crippen LogP) is 3.94. The summed E-state index contributed by atoms with van der Waals surface area (Å²) in [6.07, 6.45) is 0.944. The molecule has 2 heteroatoms. The third kappa shape index (κ3) is 3.40. The topological polar surface area (TPSA) is 35.2 Å². The van der Waals surface area contributed by atoms with Gasteiger partial charge < -0.3 is 10.5 Å². The van der Waals surface area contributed by atoms with Crippen LogP contribution in [0.3, 0.4) is 0 Å². The van der Waals surface area contributed by atoms with Crippen molar-refractivity contribution in [1.29, 1.82) is 0 Å². The van der Waals surface area contributed by atoms with Gasteiger partial charge >= 0.3 is 0 Å². The van der Waals surface area contributed by atoms with Crippen LogP contribution in [-0.2, 0) is 6.42 Å². The number of rotatable bonds is 5. The van der Waals surface area contributed by atoms with Gasteiger partial charge in [0.05, 0.1) is 0 Å². The van der Waals surface area contributed by atoms with Crippen LogP contribution in [0, 0.1) is 13.8 Å². The van der Waals surface area contributed by atoms with Crippen LogP contribution in [0.25, 0.3) is 0 Å². The van der Waals surface area contributed by atoms with Crippen molar-refractivity contribution >= 4 is 0 Å². The first-order chi connectivity index (χ1) is 9.63. The Hall–Kier alpha value is -1.80. The molecule has 0 fully saturated rings. The van der Waals surface area contributed by atoms with Crippen LogP contribution in [0.2, 0.25) is 0 Å². The highest BCUT2D eigenvalue weighted by Crippen LogP contribution is 2.23. The molecule has 0 spiro atoms. The second-order valence-electron chi connectivity index (χ2n) is 5.18. The van der Waals surface area contributed by atoms with Crippen molar-refractivity contribution in [3.05, 3.63) is 64.7 Å². The molecule has 1 atom stereocenters. The molecule has 0 aliphatic rings. The molecule has 2 N–H and O–H groups in total. The van der Waals surface area contributed by atoms with Gasteiger partial charge in [0.15, 0.2) is 0 Å². The van der Waals surface area contributed by atoms with Crippen LogP contribution in [0.5, 0.6) is 5.75 Å². The van der Waals surface area contributed by atoms with Crippen LogP contribution in [0.1, 0.15) is 35.3 Å². The van der Waals surface area contributed by atoms with E-state index in [1.54, 1.807) is 0 Å². The summed E-state index contributed by atoms with van der Waals surface area (Å²) in [6, 6.07) is 14.6. The minimum Gasteiger partial charge on any atom is -0.484 e. The molecule has 0 saturated carbocycles. The average Bonchev–Trinajstić information content (AvgIpc) is 2.48. The van der Waals surface area contributed by atoms with E-state index in [4.69, 9.17) is 10.5 Å². The maximum atomic E-state index is 6.02. The average molecular weight is 269 g/mol. The molecule has 0 aliphatic carbocycles. The van der Waals surface area contributed by atoms with Gasteiger partial charge in [-0.1, -0.05) is 37.3 Å². The molecule has 0 bridgehead atoms. The molecule has 0 saturated heterocycles. The van der Waals surface area contributed by atoms with Crippen molar-refractivity contribution in [2.45, 2.75) is 33.3 Å². The highest BCUT2D eigenvalue weighted by Gasteiger charge is 2.12. The molecule has 0 aliphatic heterocycles. The Morgan fingerprint density at radius 1 is 1.00 bits per heavy atom. The number of hydrogen-bond donors (Lipinski definition) is 1.